The Hall–Kier alpha value is -2.49. The van der Waals surface area contributed by atoms with E-state index in [1.165, 1.54) is 35.8 Å². The lowest BCUT2D eigenvalue weighted by molar-refractivity contribution is -0.118. The molecule has 2 N–H and O–H groups in total. The van der Waals surface area contributed by atoms with Crippen molar-refractivity contribution >= 4 is 43.2 Å². The first kappa shape index (κ1) is 20.2. The molecule has 3 aromatic rings. The molecule has 1 amide bonds. The molecular weight excluding hydrogens is 398 g/mol. The van der Waals surface area contributed by atoms with Gasteiger partial charge in [0.15, 0.2) is 6.61 Å². The number of ether oxygens (including phenoxy) is 1. The lowest BCUT2D eigenvalue weighted by atomic mass is 10.2. The Morgan fingerprint density at radius 3 is 2.64 bits per heavy atom. The molecule has 0 aliphatic heterocycles. The Labute approximate surface area is 167 Å². The molecule has 2 aromatic carbocycles. The maximum atomic E-state index is 12.2. The van der Waals surface area contributed by atoms with Crippen molar-refractivity contribution in [2.45, 2.75) is 18.7 Å². The molecular formula is C19H21N3O4S2. The molecule has 0 fully saturated rings. The van der Waals surface area contributed by atoms with Crippen molar-refractivity contribution in [2.24, 2.45) is 5.92 Å². The molecule has 0 bridgehead atoms. The van der Waals surface area contributed by atoms with E-state index in [1.807, 2.05) is 32.0 Å². The van der Waals surface area contributed by atoms with E-state index in [4.69, 9.17) is 4.74 Å². The summed E-state index contributed by atoms with van der Waals surface area (Å²) in [5.74, 6) is 0.320. The molecule has 0 radical (unpaired) electrons. The van der Waals surface area contributed by atoms with Gasteiger partial charge in [-0.1, -0.05) is 13.8 Å². The van der Waals surface area contributed by atoms with Gasteiger partial charge in [-0.2, -0.15) is 4.37 Å². The van der Waals surface area contributed by atoms with Crippen LogP contribution in [-0.4, -0.2) is 31.9 Å². The highest BCUT2D eigenvalue weighted by Crippen LogP contribution is 2.22. The minimum atomic E-state index is -3.55. The number of carbonyl (C=O) groups excluding carboxylic acids is 1. The Morgan fingerprint density at radius 2 is 1.93 bits per heavy atom. The number of anilines is 1. The molecule has 0 saturated heterocycles. The average molecular weight is 420 g/mol. The van der Waals surface area contributed by atoms with Crippen molar-refractivity contribution in [3.8, 4) is 5.75 Å². The van der Waals surface area contributed by atoms with E-state index in [0.717, 1.165) is 10.1 Å². The first-order valence-corrected chi connectivity index (χ1v) is 11.0. The monoisotopic (exact) mass is 419 g/mol. The van der Waals surface area contributed by atoms with Gasteiger partial charge in [-0.15, -0.1) is 0 Å². The number of rotatable bonds is 8. The number of sulfonamides is 1. The maximum absolute atomic E-state index is 12.2. The van der Waals surface area contributed by atoms with Crippen LogP contribution in [0.2, 0.25) is 0 Å². The van der Waals surface area contributed by atoms with Gasteiger partial charge < -0.3 is 10.1 Å². The number of nitrogens with zero attached hydrogens (tertiary/aromatic N) is 1. The van der Waals surface area contributed by atoms with E-state index < -0.39 is 10.0 Å². The van der Waals surface area contributed by atoms with Gasteiger partial charge in [0.1, 0.15) is 5.75 Å². The maximum Gasteiger partial charge on any atom is 0.262 e. The fourth-order valence-corrected chi connectivity index (χ4v) is 4.21. The van der Waals surface area contributed by atoms with Crippen molar-refractivity contribution < 1.29 is 17.9 Å². The van der Waals surface area contributed by atoms with E-state index >= 15 is 0 Å². The highest BCUT2D eigenvalue weighted by Gasteiger charge is 2.14. The zero-order valence-corrected chi connectivity index (χ0v) is 17.1. The van der Waals surface area contributed by atoms with Gasteiger partial charge in [-0.25, -0.2) is 13.1 Å². The summed E-state index contributed by atoms with van der Waals surface area (Å²) in [6, 6.07) is 11.5. The topological polar surface area (TPSA) is 97.4 Å². The van der Waals surface area contributed by atoms with Gasteiger partial charge in [0, 0.05) is 23.8 Å². The van der Waals surface area contributed by atoms with Crippen molar-refractivity contribution in [3.05, 3.63) is 48.7 Å². The summed E-state index contributed by atoms with van der Waals surface area (Å²) in [5.41, 5.74) is 0.666. The Bertz CT molecular complexity index is 1060. The predicted octanol–water partition coefficient (Wildman–Crippen LogP) is 3.25. The number of aromatic nitrogens is 1. The molecule has 7 nitrogen and oxygen atoms in total. The van der Waals surface area contributed by atoms with E-state index in [2.05, 4.69) is 14.4 Å². The second-order valence-corrected chi connectivity index (χ2v) is 9.23. The van der Waals surface area contributed by atoms with Crippen molar-refractivity contribution in [3.63, 3.8) is 0 Å². The minimum Gasteiger partial charge on any atom is -0.484 e. The van der Waals surface area contributed by atoms with Gasteiger partial charge in [0.2, 0.25) is 10.0 Å². The minimum absolute atomic E-state index is 0.155. The first-order chi connectivity index (χ1) is 13.3. The number of hydrogen-bond acceptors (Lipinski definition) is 6. The number of carbonyl (C=O) groups is 1. The smallest absolute Gasteiger partial charge is 0.262 e. The summed E-state index contributed by atoms with van der Waals surface area (Å²) in [6.07, 6.45) is 1.75. The summed E-state index contributed by atoms with van der Waals surface area (Å²) in [6.45, 7) is 4.05. The normalized spacial score (nSPS) is 11.7. The van der Waals surface area contributed by atoms with Crippen molar-refractivity contribution in [1.82, 2.24) is 9.10 Å². The Kier molecular flexibility index (Phi) is 6.28. The van der Waals surface area contributed by atoms with E-state index in [9.17, 15) is 13.2 Å². The summed E-state index contributed by atoms with van der Waals surface area (Å²) < 4.78 is 37.5. The molecule has 0 aliphatic rings. The van der Waals surface area contributed by atoms with Gasteiger partial charge in [0.05, 0.1) is 9.60 Å². The molecule has 0 aliphatic carbocycles. The standard InChI is InChI=1S/C19H21N3O4S2/c1-13(2)10-21-28(24,25)17-6-4-16(5-7-17)26-12-19(23)22-15-3-8-18-14(9-15)11-20-27-18/h3-9,11,13,21H,10,12H2,1-2H3,(H,22,23). The highest BCUT2D eigenvalue weighted by molar-refractivity contribution is 7.89. The summed E-state index contributed by atoms with van der Waals surface area (Å²) >= 11 is 1.39. The summed E-state index contributed by atoms with van der Waals surface area (Å²) in [5, 5.41) is 3.73. The van der Waals surface area contributed by atoms with Crippen LogP contribution in [-0.2, 0) is 14.8 Å². The average Bonchev–Trinajstić information content (AvgIpc) is 3.13. The zero-order chi connectivity index (χ0) is 20.1. The van der Waals surface area contributed by atoms with Crippen LogP contribution in [0.3, 0.4) is 0 Å². The SMILES string of the molecule is CC(C)CNS(=O)(=O)c1ccc(OCC(=O)Nc2ccc3sncc3c2)cc1. The second kappa shape index (κ2) is 8.68. The van der Waals surface area contributed by atoms with Crippen LogP contribution >= 0.6 is 11.5 Å². The van der Waals surface area contributed by atoms with E-state index in [1.54, 1.807) is 6.20 Å². The summed E-state index contributed by atoms with van der Waals surface area (Å²) in [4.78, 5) is 12.2. The molecule has 9 heteroatoms. The van der Waals surface area contributed by atoms with Crippen LogP contribution in [0, 0.1) is 5.92 Å². The number of nitrogens with one attached hydrogen (secondary N) is 2. The largest absolute Gasteiger partial charge is 0.484 e. The lowest BCUT2D eigenvalue weighted by Gasteiger charge is -2.10. The van der Waals surface area contributed by atoms with Gasteiger partial charge >= 0.3 is 0 Å². The third-order valence-corrected chi connectivity index (χ3v) is 6.04. The van der Waals surface area contributed by atoms with Crippen LogP contribution in [0.5, 0.6) is 5.75 Å². The molecule has 148 valence electrons. The fraction of sp³-hybridized carbons (Fsp3) is 0.263. The number of hydrogen-bond donors (Lipinski definition) is 2. The van der Waals surface area contributed by atoms with Crippen LogP contribution in [0.15, 0.2) is 53.6 Å². The second-order valence-electron chi connectivity index (χ2n) is 6.63. The van der Waals surface area contributed by atoms with Crippen LogP contribution < -0.4 is 14.8 Å². The summed E-state index contributed by atoms with van der Waals surface area (Å²) in [7, 11) is -3.55. The fourth-order valence-electron chi connectivity index (χ4n) is 2.37. The van der Waals surface area contributed by atoms with Gasteiger partial charge in [-0.05, 0) is 59.9 Å². The number of benzene rings is 2. The quantitative estimate of drug-likeness (QED) is 0.584. The lowest BCUT2D eigenvalue weighted by Crippen LogP contribution is -2.27. The zero-order valence-electron chi connectivity index (χ0n) is 15.5. The van der Waals surface area contributed by atoms with Crippen LogP contribution in [0.1, 0.15) is 13.8 Å². The molecule has 0 spiro atoms. The van der Waals surface area contributed by atoms with E-state index in [0.29, 0.717) is 18.0 Å². The Morgan fingerprint density at radius 1 is 1.18 bits per heavy atom. The first-order valence-electron chi connectivity index (χ1n) is 8.70. The third kappa shape index (κ3) is 5.28. The molecule has 3 rings (SSSR count). The molecule has 1 aromatic heterocycles. The van der Waals surface area contributed by atoms with Crippen LogP contribution in [0.4, 0.5) is 5.69 Å². The van der Waals surface area contributed by atoms with Crippen molar-refractivity contribution in [2.75, 3.05) is 18.5 Å². The van der Waals surface area contributed by atoms with E-state index in [-0.39, 0.29) is 23.3 Å². The molecule has 0 atom stereocenters. The predicted molar refractivity (Wildman–Crippen MR) is 110 cm³/mol. The Balaban J connectivity index is 1.54. The third-order valence-electron chi connectivity index (χ3n) is 3.82. The number of fused-ring (bicyclic) bond motifs is 1. The van der Waals surface area contributed by atoms with Gasteiger partial charge in [0.25, 0.3) is 5.91 Å². The molecule has 1 heterocycles. The molecule has 28 heavy (non-hydrogen) atoms. The molecule has 0 saturated carbocycles. The highest BCUT2D eigenvalue weighted by atomic mass is 32.2. The van der Waals surface area contributed by atoms with Crippen LogP contribution in [0.25, 0.3) is 10.1 Å². The number of amides is 1. The molecule has 0 unspecified atom stereocenters. The van der Waals surface area contributed by atoms with Crippen molar-refractivity contribution in [1.29, 1.82) is 0 Å². The van der Waals surface area contributed by atoms with Gasteiger partial charge in [-0.3, -0.25) is 4.79 Å².